The van der Waals surface area contributed by atoms with Crippen molar-refractivity contribution in [1.29, 1.82) is 0 Å². The number of thiophene rings is 1. The second-order valence-corrected chi connectivity index (χ2v) is 10.8. The van der Waals surface area contributed by atoms with Crippen molar-refractivity contribution in [2.24, 2.45) is 5.92 Å². The van der Waals surface area contributed by atoms with Gasteiger partial charge in [0.2, 0.25) is 15.9 Å². The number of carbonyl (C=O) groups excluding carboxylic acids is 2. The van der Waals surface area contributed by atoms with Gasteiger partial charge in [0.05, 0.1) is 31.8 Å². The number of amides is 1. The lowest BCUT2D eigenvalue weighted by Crippen LogP contribution is -2.41. The molecule has 2 aromatic rings. The molecule has 3 rings (SSSR count). The topological polar surface area (TPSA) is 111 Å². The second kappa shape index (κ2) is 10.1. The van der Waals surface area contributed by atoms with Crippen LogP contribution in [0.5, 0.6) is 11.5 Å². The molecule has 11 heteroatoms. The third kappa shape index (κ3) is 4.99. The third-order valence-electron chi connectivity index (χ3n) is 5.83. The van der Waals surface area contributed by atoms with Crippen molar-refractivity contribution in [3.8, 4) is 11.5 Å². The van der Waals surface area contributed by atoms with Crippen molar-refractivity contribution in [3.05, 3.63) is 34.2 Å². The number of benzene rings is 1. The molecular weight excluding hydrogens is 468 g/mol. The lowest BCUT2D eigenvalue weighted by atomic mass is 9.97. The normalized spacial score (nSPS) is 15.2. The van der Waals surface area contributed by atoms with Gasteiger partial charge in [0.15, 0.2) is 11.5 Å². The van der Waals surface area contributed by atoms with Gasteiger partial charge in [0, 0.05) is 30.0 Å². The van der Waals surface area contributed by atoms with Crippen LogP contribution in [0.2, 0.25) is 0 Å². The van der Waals surface area contributed by atoms with E-state index in [0.29, 0.717) is 34.9 Å². The Morgan fingerprint density at radius 2 is 1.70 bits per heavy atom. The number of hydrogen-bond donors (Lipinski definition) is 1. The number of ether oxygens (including phenoxy) is 3. The van der Waals surface area contributed by atoms with Gasteiger partial charge in [0.1, 0.15) is 5.00 Å². The molecule has 180 valence electrons. The fraction of sp³-hybridized carbons (Fsp3) is 0.455. The van der Waals surface area contributed by atoms with Crippen molar-refractivity contribution >= 4 is 38.2 Å². The summed E-state index contributed by atoms with van der Waals surface area (Å²) in [6.07, 6.45) is 0.741. The lowest BCUT2D eigenvalue weighted by Gasteiger charge is -2.30. The summed E-state index contributed by atoms with van der Waals surface area (Å²) in [4.78, 5) is 26.0. The number of nitrogens with one attached hydrogen (secondary N) is 1. The Morgan fingerprint density at radius 3 is 2.27 bits per heavy atom. The van der Waals surface area contributed by atoms with E-state index in [1.54, 1.807) is 6.07 Å². The number of anilines is 1. The summed E-state index contributed by atoms with van der Waals surface area (Å²) in [5.74, 6) is -0.324. The number of esters is 1. The van der Waals surface area contributed by atoms with Crippen LogP contribution in [0, 0.1) is 19.8 Å². The van der Waals surface area contributed by atoms with Gasteiger partial charge in [-0.15, -0.1) is 11.3 Å². The first-order chi connectivity index (χ1) is 15.6. The zero-order chi connectivity index (χ0) is 24.3. The molecule has 1 aromatic carbocycles. The minimum atomic E-state index is -3.74. The first-order valence-electron chi connectivity index (χ1n) is 10.3. The molecule has 0 unspecified atom stereocenters. The molecule has 1 aliphatic heterocycles. The predicted molar refractivity (Wildman–Crippen MR) is 125 cm³/mol. The molecule has 1 N–H and O–H groups in total. The molecular formula is C22H28N2O7S2. The Morgan fingerprint density at radius 1 is 1.06 bits per heavy atom. The van der Waals surface area contributed by atoms with Crippen molar-refractivity contribution in [3.63, 3.8) is 0 Å². The van der Waals surface area contributed by atoms with E-state index in [9.17, 15) is 18.0 Å². The zero-order valence-corrected chi connectivity index (χ0v) is 20.9. The summed E-state index contributed by atoms with van der Waals surface area (Å²) in [5.41, 5.74) is 1.14. The number of piperidine rings is 1. The number of rotatable bonds is 7. The van der Waals surface area contributed by atoms with E-state index >= 15 is 0 Å². The number of nitrogens with zero attached hydrogens (tertiary/aromatic N) is 1. The summed E-state index contributed by atoms with van der Waals surface area (Å²) in [6.45, 7) is 4.10. The number of methoxy groups -OCH3 is 3. The maximum atomic E-state index is 13.1. The van der Waals surface area contributed by atoms with E-state index in [-0.39, 0.29) is 29.8 Å². The molecule has 0 bridgehead atoms. The van der Waals surface area contributed by atoms with E-state index < -0.39 is 16.0 Å². The molecule has 0 aliphatic carbocycles. The maximum absolute atomic E-state index is 13.1. The van der Waals surface area contributed by atoms with Crippen molar-refractivity contribution < 1.29 is 32.2 Å². The highest BCUT2D eigenvalue weighted by Crippen LogP contribution is 2.35. The Balaban J connectivity index is 1.69. The van der Waals surface area contributed by atoms with Crippen LogP contribution in [0.4, 0.5) is 5.00 Å². The highest BCUT2D eigenvalue weighted by molar-refractivity contribution is 7.89. The first-order valence-corrected chi connectivity index (χ1v) is 12.6. The van der Waals surface area contributed by atoms with E-state index in [4.69, 9.17) is 14.2 Å². The fourth-order valence-electron chi connectivity index (χ4n) is 3.76. The van der Waals surface area contributed by atoms with Crippen LogP contribution in [-0.4, -0.2) is 59.0 Å². The Bertz CT molecular complexity index is 1150. The van der Waals surface area contributed by atoms with Gasteiger partial charge in [-0.05, 0) is 44.4 Å². The number of aryl methyl sites for hydroxylation is 1. The highest BCUT2D eigenvalue weighted by atomic mass is 32.2. The van der Waals surface area contributed by atoms with Crippen LogP contribution < -0.4 is 14.8 Å². The first kappa shape index (κ1) is 25.0. The third-order valence-corrected chi connectivity index (χ3v) is 8.85. The predicted octanol–water partition coefficient (Wildman–Crippen LogP) is 3.21. The van der Waals surface area contributed by atoms with Gasteiger partial charge in [0.25, 0.3) is 0 Å². The number of sulfonamides is 1. The standard InChI is InChI=1S/C22H28N2O7S2/c1-13-14(2)32-21(19(13)22(26)31-5)23-20(25)15-8-10-24(11-9-15)33(27,28)16-6-7-17(29-3)18(12-16)30-4/h6-7,12,15H,8-11H2,1-5H3,(H,23,25). The molecule has 1 amide bonds. The molecule has 9 nitrogen and oxygen atoms in total. The molecule has 1 aromatic heterocycles. The summed E-state index contributed by atoms with van der Waals surface area (Å²) in [6, 6.07) is 4.46. The van der Waals surface area contributed by atoms with Crippen molar-refractivity contribution in [2.45, 2.75) is 31.6 Å². The van der Waals surface area contributed by atoms with Crippen LogP contribution in [0.25, 0.3) is 0 Å². The SMILES string of the molecule is COC(=O)c1c(NC(=O)C2CCN(S(=O)(=O)c3ccc(OC)c(OC)c3)CC2)sc(C)c1C. The average molecular weight is 497 g/mol. The molecule has 0 spiro atoms. The smallest absolute Gasteiger partial charge is 0.341 e. The number of carbonyl (C=O) groups is 2. The summed E-state index contributed by atoms with van der Waals surface area (Å²) < 4.78 is 42.8. The summed E-state index contributed by atoms with van der Waals surface area (Å²) >= 11 is 1.32. The molecule has 2 heterocycles. The number of hydrogen-bond acceptors (Lipinski definition) is 8. The van der Waals surface area contributed by atoms with Crippen LogP contribution in [0.3, 0.4) is 0 Å². The molecule has 0 atom stereocenters. The van der Waals surface area contributed by atoms with E-state index in [1.165, 1.54) is 49.1 Å². The van der Waals surface area contributed by atoms with Crippen LogP contribution in [0.15, 0.2) is 23.1 Å². The van der Waals surface area contributed by atoms with E-state index in [1.807, 2.05) is 13.8 Å². The monoisotopic (exact) mass is 496 g/mol. The molecule has 33 heavy (non-hydrogen) atoms. The van der Waals surface area contributed by atoms with Gasteiger partial charge in [-0.1, -0.05) is 0 Å². The molecule has 0 saturated carbocycles. The second-order valence-electron chi connectivity index (χ2n) is 7.66. The minimum Gasteiger partial charge on any atom is -0.493 e. The van der Waals surface area contributed by atoms with E-state index in [2.05, 4.69) is 5.32 Å². The average Bonchev–Trinajstić information content (AvgIpc) is 3.10. The van der Waals surface area contributed by atoms with Crippen molar-refractivity contribution in [2.75, 3.05) is 39.7 Å². The quantitative estimate of drug-likeness (QED) is 0.586. The summed E-state index contributed by atoms with van der Waals surface area (Å²) in [7, 11) is 0.482. The van der Waals surface area contributed by atoms with Gasteiger partial charge in [-0.3, -0.25) is 4.79 Å². The van der Waals surface area contributed by atoms with Crippen molar-refractivity contribution in [1.82, 2.24) is 4.31 Å². The largest absolute Gasteiger partial charge is 0.493 e. The van der Waals surface area contributed by atoms with E-state index in [0.717, 1.165) is 10.4 Å². The molecule has 1 fully saturated rings. The van der Waals surface area contributed by atoms with Crippen LogP contribution >= 0.6 is 11.3 Å². The van der Waals surface area contributed by atoms with Crippen LogP contribution in [0.1, 0.15) is 33.6 Å². The zero-order valence-electron chi connectivity index (χ0n) is 19.3. The lowest BCUT2D eigenvalue weighted by molar-refractivity contribution is -0.120. The van der Waals surface area contributed by atoms with Gasteiger partial charge >= 0.3 is 5.97 Å². The maximum Gasteiger partial charge on any atom is 0.341 e. The summed E-state index contributed by atoms with van der Waals surface area (Å²) in [5, 5.41) is 3.31. The molecule has 0 radical (unpaired) electrons. The Hall–Kier alpha value is -2.63. The molecule has 1 aliphatic rings. The Labute approximate surface area is 197 Å². The Kier molecular flexibility index (Phi) is 7.65. The molecule has 1 saturated heterocycles. The highest BCUT2D eigenvalue weighted by Gasteiger charge is 2.33. The van der Waals surface area contributed by atoms with Gasteiger partial charge in [-0.2, -0.15) is 4.31 Å². The van der Waals surface area contributed by atoms with Gasteiger partial charge < -0.3 is 19.5 Å². The fourth-order valence-corrected chi connectivity index (χ4v) is 6.30. The van der Waals surface area contributed by atoms with Crippen LogP contribution in [-0.2, 0) is 19.6 Å². The van der Waals surface area contributed by atoms with Gasteiger partial charge in [-0.25, -0.2) is 13.2 Å². The minimum absolute atomic E-state index is 0.107.